The van der Waals surface area contributed by atoms with Gasteiger partial charge in [0.05, 0.1) is 26.6 Å². The number of likely N-dealkylation sites (tertiary alicyclic amines) is 2. The third kappa shape index (κ3) is 10.1. The molecule has 8 heterocycles. The molecule has 0 spiro atoms. The first-order chi connectivity index (χ1) is 32.3. The third-order valence-corrected chi connectivity index (χ3v) is 15.3. The van der Waals surface area contributed by atoms with Gasteiger partial charge in [-0.05, 0) is 74.9 Å². The fraction of sp³-hybridized carbons (Fsp3) is 0.478. The average Bonchev–Trinajstić information content (AvgIpc) is 4.21. The van der Waals surface area contributed by atoms with Crippen LogP contribution in [0.4, 0.5) is 20.2 Å². The van der Waals surface area contributed by atoms with Gasteiger partial charge in [0.2, 0.25) is 0 Å². The molecular formula is C46H56F2N14O2S2. The summed E-state index contributed by atoms with van der Waals surface area (Å²) in [4.78, 5) is 26.8. The summed E-state index contributed by atoms with van der Waals surface area (Å²) < 4.78 is 42.0. The zero-order valence-electron chi connectivity index (χ0n) is 37.8. The van der Waals surface area contributed by atoms with Gasteiger partial charge in [0, 0.05) is 125 Å². The fourth-order valence-corrected chi connectivity index (χ4v) is 11.5. The molecule has 0 unspecified atom stereocenters. The van der Waals surface area contributed by atoms with Crippen molar-refractivity contribution in [3.8, 4) is 34.5 Å². The Balaban J connectivity index is 0.000000166. The smallest absolute Gasteiger partial charge is 0.191 e. The quantitative estimate of drug-likeness (QED) is 0.0799. The van der Waals surface area contributed by atoms with E-state index in [1.165, 1.54) is 39.2 Å². The van der Waals surface area contributed by atoms with E-state index >= 15 is 0 Å². The molecule has 0 radical (unpaired) electrons. The highest BCUT2D eigenvalue weighted by atomic mass is 32.2. The number of thioether (sulfide) groups is 2. The highest BCUT2D eigenvalue weighted by Gasteiger charge is 2.42. The second-order valence-electron chi connectivity index (χ2n) is 17.1. The lowest BCUT2D eigenvalue weighted by molar-refractivity contribution is 0.319. The summed E-state index contributed by atoms with van der Waals surface area (Å²) in [5, 5.41) is 19.0. The number of hydrogen-bond acceptors (Lipinski definition) is 16. The molecule has 0 saturated carbocycles. The first kappa shape index (κ1) is 45.7. The Labute approximate surface area is 392 Å². The summed E-state index contributed by atoms with van der Waals surface area (Å²) in [7, 11) is 6.96. The van der Waals surface area contributed by atoms with Crippen LogP contribution in [-0.4, -0.2) is 149 Å². The van der Waals surface area contributed by atoms with E-state index in [2.05, 4.69) is 59.9 Å². The molecule has 0 amide bonds. The molecule has 6 aromatic rings. The van der Waals surface area contributed by atoms with Crippen molar-refractivity contribution < 1.29 is 18.3 Å². The van der Waals surface area contributed by atoms with E-state index in [0.717, 1.165) is 121 Å². The molecule has 4 atom stereocenters. The molecule has 66 heavy (non-hydrogen) atoms. The van der Waals surface area contributed by atoms with Gasteiger partial charge in [-0.1, -0.05) is 23.5 Å². The Morgan fingerprint density at radius 1 is 0.606 bits per heavy atom. The van der Waals surface area contributed by atoms with Crippen molar-refractivity contribution in [2.24, 2.45) is 25.9 Å². The van der Waals surface area contributed by atoms with Gasteiger partial charge >= 0.3 is 0 Å². The van der Waals surface area contributed by atoms with Crippen molar-refractivity contribution >= 4 is 34.9 Å². The van der Waals surface area contributed by atoms with E-state index in [0.29, 0.717) is 35.4 Å². The predicted octanol–water partition coefficient (Wildman–Crippen LogP) is 6.23. The molecule has 4 aromatic heterocycles. The third-order valence-electron chi connectivity index (χ3n) is 13.1. The number of nitrogens with zero attached hydrogens (tertiary/aromatic N) is 14. The lowest BCUT2D eigenvalue weighted by Crippen LogP contribution is -2.35. The van der Waals surface area contributed by atoms with Gasteiger partial charge in [-0.2, -0.15) is 0 Å². The Bertz CT molecular complexity index is 2360. The molecule has 0 bridgehead atoms. The molecule has 348 valence electrons. The lowest BCUT2D eigenvalue weighted by atomic mass is 10.0. The Kier molecular flexibility index (Phi) is 14.6. The van der Waals surface area contributed by atoms with Gasteiger partial charge < -0.3 is 38.2 Å². The van der Waals surface area contributed by atoms with Crippen LogP contribution >= 0.6 is 23.5 Å². The van der Waals surface area contributed by atoms with Crippen LogP contribution in [0.15, 0.2) is 83.9 Å². The molecule has 0 aliphatic carbocycles. The largest absolute Gasteiger partial charge is 0.494 e. The number of rotatable bonds is 16. The van der Waals surface area contributed by atoms with Crippen molar-refractivity contribution in [3.05, 3.63) is 85.2 Å². The van der Waals surface area contributed by atoms with Crippen molar-refractivity contribution in [1.82, 2.24) is 59.3 Å². The molecule has 20 heteroatoms. The van der Waals surface area contributed by atoms with Gasteiger partial charge in [0.15, 0.2) is 45.1 Å². The zero-order chi connectivity index (χ0) is 45.6. The number of aromatic nitrogens is 10. The Hall–Kier alpha value is -5.44. The molecule has 4 fully saturated rings. The standard InChI is InChI=1S/2C23H28FN7OS/c2*1-29-22(19-13-25-7-8-26-19)27-28-23(29)33-11-3-9-30-14-16-6-10-31(20(16)15-30)17-4-5-18(24)21(12-17)32-2/h2*4-5,7-8,12-13,16,20H,3,6,9-11,14-15H2,1-2H3/t2*16-,20+/m10/s1. The van der Waals surface area contributed by atoms with Crippen molar-refractivity contribution in [1.29, 1.82) is 0 Å². The molecular weight excluding hydrogens is 883 g/mol. The van der Waals surface area contributed by atoms with Gasteiger partial charge in [-0.15, -0.1) is 20.4 Å². The molecule has 10 rings (SSSR count). The highest BCUT2D eigenvalue weighted by Crippen LogP contribution is 2.38. The number of anilines is 2. The molecule has 4 aliphatic rings. The van der Waals surface area contributed by atoms with E-state index in [9.17, 15) is 8.78 Å². The second-order valence-corrected chi connectivity index (χ2v) is 19.2. The van der Waals surface area contributed by atoms with Gasteiger partial charge in [0.1, 0.15) is 11.4 Å². The minimum Gasteiger partial charge on any atom is -0.494 e. The number of halogens is 2. The van der Waals surface area contributed by atoms with E-state index in [1.807, 2.05) is 47.5 Å². The van der Waals surface area contributed by atoms with Crippen LogP contribution in [0.3, 0.4) is 0 Å². The van der Waals surface area contributed by atoms with E-state index in [1.54, 1.807) is 60.7 Å². The summed E-state index contributed by atoms with van der Waals surface area (Å²) >= 11 is 3.45. The van der Waals surface area contributed by atoms with E-state index in [-0.39, 0.29) is 11.6 Å². The molecule has 4 saturated heterocycles. The minimum atomic E-state index is -0.311. The number of ether oxygens (including phenoxy) is 2. The summed E-state index contributed by atoms with van der Waals surface area (Å²) in [6.07, 6.45) is 14.6. The van der Waals surface area contributed by atoms with Gasteiger partial charge in [0.25, 0.3) is 0 Å². The topological polar surface area (TPSA) is 144 Å². The van der Waals surface area contributed by atoms with Crippen molar-refractivity contribution in [3.63, 3.8) is 0 Å². The number of methoxy groups -OCH3 is 2. The maximum atomic E-state index is 13.8. The highest BCUT2D eigenvalue weighted by molar-refractivity contribution is 7.99. The minimum absolute atomic E-state index is 0.311. The Morgan fingerprint density at radius 2 is 1.06 bits per heavy atom. The van der Waals surface area contributed by atoms with Crippen LogP contribution in [0, 0.1) is 23.5 Å². The van der Waals surface area contributed by atoms with Crippen LogP contribution < -0.4 is 19.3 Å². The summed E-state index contributed by atoms with van der Waals surface area (Å²) in [6, 6.07) is 11.4. The monoisotopic (exact) mass is 938 g/mol. The molecule has 0 N–H and O–H groups in total. The SMILES string of the molecule is COc1cc(N2CC[C@@H]3CN(CCCSc4nnc(-c5cnccn5)n4C)C[C@@H]32)ccc1F.COc1cc(N2CC[C@H]3CN(CCCSc4nnc(-c5cnccn5)n4C)C[C@H]32)ccc1F. The maximum Gasteiger partial charge on any atom is 0.191 e. The lowest BCUT2D eigenvalue weighted by Gasteiger charge is -2.27. The van der Waals surface area contributed by atoms with E-state index in [4.69, 9.17) is 9.47 Å². The summed E-state index contributed by atoms with van der Waals surface area (Å²) in [5.41, 5.74) is 3.57. The van der Waals surface area contributed by atoms with Gasteiger partial charge in [-0.25, -0.2) is 18.7 Å². The van der Waals surface area contributed by atoms with Gasteiger partial charge in [-0.3, -0.25) is 9.97 Å². The summed E-state index contributed by atoms with van der Waals surface area (Å²) in [6.45, 7) is 8.54. The maximum absolute atomic E-state index is 13.8. The summed E-state index contributed by atoms with van der Waals surface area (Å²) in [5.74, 6) is 4.77. The van der Waals surface area contributed by atoms with Crippen LogP contribution in [0.1, 0.15) is 25.7 Å². The predicted molar refractivity (Wildman–Crippen MR) is 252 cm³/mol. The van der Waals surface area contributed by atoms with Crippen LogP contribution in [0.2, 0.25) is 0 Å². The van der Waals surface area contributed by atoms with Crippen LogP contribution in [0.5, 0.6) is 11.5 Å². The number of benzene rings is 2. The average molecular weight is 939 g/mol. The second kappa shape index (κ2) is 21.0. The normalized spacial score (nSPS) is 20.4. The Morgan fingerprint density at radius 3 is 1.47 bits per heavy atom. The first-order valence-corrected chi connectivity index (χ1v) is 24.5. The number of fused-ring (bicyclic) bond motifs is 2. The number of hydrogen-bond donors (Lipinski definition) is 0. The first-order valence-electron chi connectivity index (χ1n) is 22.5. The van der Waals surface area contributed by atoms with Crippen LogP contribution in [0.25, 0.3) is 23.0 Å². The zero-order valence-corrected chi connectivity index (χ0v) is 39.4. The van der Waals surface area contributed by atoms with Crippen molar-refractivity contribution in [2.75, 3.05) is 87.9 Å². The molecule has 4 aliphatic heterocycles. The van der Waals surface area contributed by atoms with Crippen LogP contribution in [-0.2, 0) is 14.1 Å². The molecule has 16 nitrogen and oxygen atoms in total. The molecule has 2 aromatic carbocycles. The van der Waals surface area contributed by atoms with Crippen molar-refractivity contribution in [2.45, 2.75) is 48.1 Å². The fourth-order valence-electron chi connectivity index (χ4n) is 9.82. The van der Waals surface area contributed by atoms with E-state index < -0.39 is 0 Å².